The predicted octanol–water partition coefficient (Wildman–Crippen LogP) is 1.65. The summed E-state index contributed by atoms with van der Waals surface area (Å²) in [4.78, 5) is 16.2. The Balaban J connectivity index is 2.26. The molecular weight excluding hydrogens is 210 g/mol. The van der Waals surface area contributed by atoms with Gasteiger partial charge in [-0.2, -0.15) is 0 Å². The number of hydrogen-bond acceptors (Lipinski definition) is 2. The minimum absolute atomic E-state index is 0.228. The van der Waals surface area contributed by atoms with Crippen LogP contribution in [0, 0.1) is 11.7 Å². The van der Waals surface area contributed by atoms with Gasteiger partial charge in [-0.3, -0.25) is 4.79 Å². The summed E-state index contributed by atoms with van der Waals surface area (Å²) in [6.45, 7) is 2.79. The number of likely N-dealkylation sites (tertiary alicyclic amines) is 1. The van der Waals surface area contributed by atoms with E-state index in [2.05, 4.69) is 9.55 Å². The second kappa shape index (κ2) is 3.81. The fourth-order valence-electron chi connectivity index (χ4n) is 2.12. The summed E-state index contributed by atoms with van der Waals surface area (Å²) < 4.78 is 2.86. The summed E-state index contributed by atoms with van der Waals surface area (Å²) in [5.74, 6) is 0.228. The number of aryl methyl sites for hydroxylation is 1. The van der Waals surface area contributed by atoms with Crippen molar-refractivity contribution in [2.75, 3.05) is 13.6 Å². The maximum absolute atomic E-state index is 11.4. The first-order valence-corrected chi connectivity index (χ1v) is 5.51. The molecule has 0 bridgehead atoms. The molecule has 1 unspecified atom stereocenters. The Morgan fingerprint density at radius 2 is 2.33 bits per heavy atom. The van der Waals surface area contributed by atoms with Crippen molar-refractivity contribution in [2.24, 2.45) is 0 Å². The Hall–Kier alpha value is -1.10. The van der Waals surface area contributed by atoms with Crippen molar-refractivity contribution in [3.63, 3.8) is 0 Å². The van der Waals surface area contributed by atoms with E-state index >= 15 is 0 Å². The second-order valence-corrected chi connectivity index (χ2v) is 4.46. The number of aromatic nitrogens is 2. The largest absolute Gasteiger partial charge is 0.344 e. The first-order chi connectivity index (χ1) is 7.09. The highest BCUT2D eigenvalue weighted by Gasteiger charge is 2.25. The average molecular weight is 225 g/mol. The van der Waals surface area contributed by atoms with Gasteiger partial charge in [-0.15, -0.1) is 0 Å². The molecule has 4 nitrogen and oxygen atoms in total. The zero-order valence-electron chi connectivity index (χ0n) is 8.99. The van der Waals surface area contributed by atoms with E-state index in [0.717, 1.165) is 23.4 Å². The van der Waals surface area contributed by atoms with E-state index in [-0.39, 0.29) is 5.91 Å². The highest BCUT2D eigenvalue weighted by molar-refractivity contribution is 7.71. The fourth-order valence-corrected chi connectivity index (χ4v) is 2.47. The summed E-state index contributed by atoms with van der Waals surface area (Å²) in [6, 6.07) is 0.325. The van der Waals surface area contributed by atoms with Crippen LogP contribution in [0.25, 0.3) is 0 Å². The molecule has 1 fully saturated rings. The van der Waals surface area contributed by atoms with Crippen LogP contribution >= 0.6 is 12.2 Å². The lowest BCUT2D eigenvalue weighted by Crippen LogP contribution is -2.38. The number of rotatable bonds is 1. The SMILES string of the molecule is Cc1c[nH]c(=S)n1C1CCC(=O)N(C)C1. The Labute approximate surface area is 93.9 Å². The number of amides is 1. The molecule has 1 aliphatic heterocycles. The van der Waals surface area contributed by atoms with Gasteiger partial charge in [0.15, 0.2) is 4.77 Å². The van der Waals surface area contributed by atoms with E-state index < -0.39 is 0 Å². The fraction of sp³-hybridized carbons (Fsp3) is 0.600. The first kappa shape index (κ1) is 10.4. The van der Waals surface area contributed by atoms with Gasteiger partial charge < -0.3 is 14.5 Å². The van der Waals surface area contributed by atoms with Crippen LogP contribution in [0.2, 0.25) is 0 Å². The molecule has 1 atom stereocenters. The highest BCUT2D eigenvalue weighted by atomic mass is 32.1. The third-order valence-electron chi connectivity index (χ3n) is 2.97. The Bertz CT molecular complexity index is 434. The molecule has 82 valence electrons. The van der Waals surface area contributed by atoms with Crippen molar-refractivity contribution < 1.29 is 4.79 Å². The van der Waals surface area contributed by atoms with Gasteiger partial charge in [-0.05, 0) is 25.6 Å². The van der Waals surface area contributed by atoms with Crippen molar-refractivity contribution in [3.05, 3.63) is 16.7 Å². The van der Waals surface area contributed by atoms with Crippen molar-refractivity contribution in [3.8, 4) is 0 Å². The van der Waals surface area contributed by atoms with Crippen molar-refractivity contribution in [1.29, 1.82) is 0 Å². The molecular formula is C10H15N3OS. The molecule has 15 heavy (non-hydrogen) atoms. The van der Waals surface area contributed by atoms with Gasteiger partial charge in [0, 0.05) is 31.9 Å². The van der Waals surface area contributed by atoms with Crippen LogP contribution in [0.15, 0.2) is 6.20 Å². The molecule has 0 spiro atoms. The lowest BCUT2D eigenvalue weighted by Gasteiger charge is -2.31. The molecule has 0 radical (unpaired) electrons. The Morgan fingerprint density at radius 3 is 2.87 bits per heavy atom. The second-order valence-electron chi connectivity index (χ2n) is 4.07. The van der Waals surface area contributed by atoms with Crippen LogP contribution in [0.5, 0.6) is 0 Å². The maximum Gasteiger partial charge on any atom is 0.222 e. The van der Waals surface area contributed by atoms with Crippen LogP contribution in [-0.4, -0.2) is 34.0 Å². The predicted molar refractivity (Wildman–Crippen MR) is 60.3 cm³/mol. The standard InChI is InChI=1S/C10H15N3OS/c1-7-5-11-10(15)13(7)8-3-4-9(14)12(2)6-8/h5,8H,3-4,6H2,1-2H3,(H,11,15). The number of carbonyl (C=O) groups is 1. The zero-order valence-corrected chi connectivity index (χ0v) is 9.80. The summed E-state index contributed by atoms with van der Waals surface area (Å²) >= 11 is 5.23. The average Bonchev–Trinajstić information content (AvgIpc) is 2.52. The molecule has 0 saturated carbocycles. The quantitative estimate of drug-likeness (QED) is 0.738. The van der Waals surface area contributed by atoms with E-state index in [9.17, 15) is 4.79 Å². The van der Waals surface area contributed by atoms with E-state index in [1.165, 1.54) is 0 Å². The first-order valence-electron chi connectivity index (χ1n) is 5.10. The highest BCUT2D eigenvalue weighted by Crippen LogP contribution is 2.23. The topological polar surface area (TPSA) is 41.0 Å². The monoisotopic (exact) mass is 225 g/mol. The minimum Gasteiger partial charge on any atom is -0.344 e. The van der Waals surface area contributed by atoms with Gasteiger partial charge in [0.05, 0.1) is 6.04 Å². The van der Waals surface area contributed by atoms with Crippen LogP contribution in [0.3, 0.4) is 0 Å². The van der Waals surface area contributed by atoms with Crippen molar-refractivity contribution >= 4 is 18.1 Å². The minimum atomic E-state index is 0.228. The maximum atomic E-state index is 11.4. The summed E-state index contributed by atoms with van der Waals surface area (Å²) in [5, 5.41) is 0. The smallest absolute Gasteiger partial charge is 0.222 e. The van der Waals surface area contributed by atoms with Gasteiger partial charge in [0.25, 0.3) is 0 Å². The van der Waals surface area contributed by atoms with E-state index in [1.807, 2.05) is 20.2 Å². The third-order valence-corrected chi connectivity index (χ3v) is 3.28. The number of carbonyl (C=O) groups excluding carboxylic acids is 1. The number of nitrogens with zero attached hydrogens (tertiary/aromatic N) is 2. The molecule has 0 aliphatic carbocycles. The van der Waals surface area contributed by atoms with Gasteiger partial charge in [-0.1, -0.05) is 0 Å². The summed E-state index contributed by atoms with van der Waals surface area (Å²) in [6.07, 6.45) is 3.42. The van der Waals surface area contributed by atoms with Gasteiger partial charge in [0.2, 0.25) is 5.91 Å². The van der Waals surface area contributed by atoms with Crippen molar-refractivity contribution in [1.82, 2.24) is 14.5 Å². The number of aromatic amines is 1. The molecule has 1 amide bonds. The normalized spacial score (nSPS) is 22.1. The van der Waals surface area contributed by atoms with E-state index in [0.29, 0.717) is 12.5 Å². The molecule has 5 heteroatoms. The summed E-state index contributed by atoms with van der Waals surface area (Å²) in [5.41, 5.74) is 1.13. The van der Waals surface area contributed by atoms with E-state index in [1.54, 1.807) is 4.90 Å². The molecule has 0 aromatic carbocycles. The van der Waals surface area contributed by atoms with Crippen LogP contribution in [-0.2, 0) is 4.79 Å². The number of hydrogen-bond donors (Lipinski definition) is 1. The van der Waals surface area contributed by atoms with Gasteiger partial charge >= 0.3 is 0 Å². The third kappa shape index (κ3) is 1.84. The molecule has 2 rings (SSSR count). The van der Waals surface area contributed by atoms with E-state index in [4.69, 9.17) is 12.2 Å². The molecule has 1 aliphatic rings. The number of piperidine rings is 1. The molecule has 1 aromatic heterocycles. The number of imidazole rings is 1. The zero-order chi connectivity index (χ0) is 11.0. The lowest BCUT2D eigenvalue weighted by molar-refractivity contribution is -0.132. The lowest BCUT2D eigenvalue weighted by atomic mass is 10.1. The van der Waals surface area contributed by atoms with Crippen LogP contribution in [0.4, 0.5) is 0 Å². The molecule has 2 heterocycles. The Morgan fingerprint density at radius 1 is 1.60 bits per heavy atom. The summed E-state index contributed by atoms with van der Waals surface area (Å²) in [7, 11) is 1.85. The number of nitrogens with one attached hydrogen (secondary N) is 1. The van der Waals surface area contributed by atoms with Gasteiger partial charge in [0.1, 0.15) is 0 Å². The molecule has 1 aromatic rings. The van der Waals surface area contributed by atoms with Crippen LogP contribution < -0.4 is 0 Å². The molecule has 1 saturated heterocycles. The number of H-pyrrole nitrogens is 1. The Kier molecular flexibility index (Phi) is 2.65. The van der Waals surface area contributed by atoms with Crippen molar-refractivity contribution in [2.45, 2.75) is 25.8 Å². The van der Waals surface area contributed by atoms with Gasteiger partial charge in [-0.25, -0.2) is 0 Å². The molecule has 1 N–H and O–H groups in total. The number of likely N-dealkylation sites (N-methyl/N-ethyl adjacent to an activating group) is 1. The van der Waals surface area contributed by atoms with Crippen LogP contribution in [0.1, 0.15) is 24.6 Å².